The Morgan fingerprint density at radius 3 is 2.59 bits per heavy atom. The molecule has 4 rings (SSSR count). The van der Waals surface area contributed by atoms with Gasteiger partial charge >= 0.3 is 0 Å². The maximum atomic E-state index is 13.4. The van der Waals surface area contributed by atoms with E-state index in [4.69, 9.17) is 4.74 Å². The van der Waals surface area contributed by atoms with Crippen molar-refractivity contribution in [1.29, 1.82) is 0 Å². The number of methoxy groups -OCH3 is 1. The number of carbonyl (C=O) groups excluding carboxylic acids is 1. The van der Waals surface area contributed by atoms with Crippen LogP contribution in [0.2, 0.25) is 0 Å². The summed E-state index contributed by atoms with van der Waals surface area (Å²) in [6.45, 7) is -0.0526. The molecule has 150 valence electrons. The zero-order chi connectivity index (χ0) is 20.4. The third-order valence-corrected chi connectivity index (χ3v) is 4.59. The minimum absolute atomic E-state index is 0.0263. The molecular formula is C18H17F2N7O2. The molecule has 0 unspecified atom stereocenters. The summed E-state index contributed by atoms with van der Waals surface area (Å²) in [4.78, 5) is 22.5. The SMILES string of the molecule is COc1ccc(-n2nc(C(=O)N3CCC(F)(F)CC3)cc2-c2cnccn2)nn1. The predicted molar refractivity (Wildman–Crippen MR) is 96.8 cm³/mol. The van der Waals surface area contributed by atoms with Gasteiger partial charge in [0.15, 0.2) is 11.5 Å². The van der Waals surface area contributed by atoms with Gasteiger partial charge < -0.3 is 9.64 Å². The van der Waals surface area contributed by atoms with Crippen LogP contribution in [-0.2, 0) is 0 Å². The fourth-order valence-corrected chi connectivity index (χ4v) is 3.01. The topological polar surface area (TPSA) is 98.9 Å². The van der Waals surface area contributed by atoms with E-state index in [0.29, 0.717) is 23.1 Å². The maximum absolute atomic E-state index is 13.4. The fraction of sp³-hybridized carbons (Fsp3) is 0.333. The molecule has 0 bridgehead atoms. The first-order valence-corrected chi connectivity index (χ1v) is 8.88. The third-order valence-electron chi connectivity index (χ3n) is 4.59. The summed E-state index contributed by atoms with van der Waals surface area (Å²) in [5, 5.41) is 12.3. The quantitative estimate of drug-likeness (QED) is 0.659. The zero-order valence-corrected chi connectivity index (χ0v) is 15.5. The summed E-state index contributed by atoms with van der Waals surface area (Å²) in [6.07, 6.45) is 3.85. The van der Waals surface area contributed by atoms with Crippen LogP contribution in [0.15, 0.2) is 36.8 Å². The Hall–Kier alpha value is -3.50. The van der Waals surface area contributed by atoms with Crippen LogP contribution in [0.25, 0.3) is 17.2 Å². The van der Waals surface area contributed by atoms with Crippen LogP contribution in [0.5, 0.6) is 5.88 Å². The number of carbonyl (C=O) groups is 1. The van der Waals surface area contributed by atoms with Gasteiger partial charge in [-0.25, -0.2) is 13.5 Å². The van der Waals surface area contributed by atoms with Crippen molar-refractivity contribution >= 4 is 5.91 Å². The number of halogens is 2. The Bertz CT molecular complexity index is 999. The molecule has 3 aromatic heterocycles. The molecule has 1 saturated heterocycles. The second-order valence-corrected chi connectivity index (χ2v) is 6.50. The lowest BCUT2D eigenvalue weighted by atomic mass is 10.1. The van der Waals surface area contributed by atoms with E-state index < -0.39 is 11.8 Å². The van der Waals surface area contributed by atoms with Gasteiger partial charge in [0.05, 0.1) is 19.0 Å². The second-order valence-electron chi connectivity index (χ2n) is 6.50. The molecule has 29 heavy (non-hydrogen) atoms. The van der Waals surface area contributed by atoms with Crippen molar-refractivity contribution in [1.82, 2.24) is 34.8 Å². The highest BCUT2D eigenvalue weighted by molar-refractivity contribution is 5.93. The van der Waals surface area contributed by atoms with Crippen LogP contribution in [-0.4, -0.2) is 66.9 Å². The van der Waals surface area contributed by atoms with Crippen molar-refractivity contribution < 1.29 is 18.3 Å². The summed E-state index contributed by atoms with van der Waals surface area (Å²) in [7, 11) is 1.47. The van der Waals surface area contributed by atoms with Gasteiger partial charge in [-0.1, -0.05) is 0 Å². The first-order chi connectivity index (χ1) is 14.0. The van der Waals surface area contributed by atoms with Gasteiger partial charge in [0.25, 0.3) is 11.8 Å². The maximum Gasteiger partial charge on any atom is 0.274 e. The van der Waals surface area contributed by atoms with Gasteiger partial charge in [0, 0.05) is 44.4 Å². The van der Waals surface area contributed by atoms with Crippen LogP contribution < -0.4 is 4.74 Å². The zero-order valence-electron chi connectivity index (χ0n) is 15.5. The first kappa shape index (κ1) is 18.8. The van der Waals surface area contributed by atoms with E-state index >= 15 is 0 Å². The Kier molecular flexibility index (Phi) is 4.87. The molecule has 0 radical (unpaired) electrons. The number of aromatic nitrogens is 6. The van der Waals surface area contributed by atoms with E-state index in [1.807, 2.05) is 0 Å². The summed E-state index contributed by atoms with van der Waals surface area (Å²) in [6, 6.07) is 4.79. The van der Waals surface area contributed by atoms with Crippen molar-refractivity contribution in [2.75, 3.05) is 20.2 Å². The van der Waals surface area contributed by atoms with Crippen molar-refractivity contribution in [3.05, 3.63) is 42.5 Å². The molecule has 0 aliphatic carbocycles. The third kappa shape index (κ3) is 3.89. The molecular weight excluding hydrogens is 384 g/mol. The van der Waals surface area contributed by atoms with E-state index in [2.05, 4.69) is 25.3 Å². The molecule has 9 nitrogen and oxygen atoms in total. The van der Waals surface area contributed by atoms with E-state index in [1.165, 1.54) is 35.3 Å². The van der Waals surface area contributed by atoms with E-state index in [-0.39, 0.29) is 31.6 Å². The Morgan fingerprint density at radius 1 is 1.17 bits per heavy atom. The summed E-state index contributed by atoms with van der Waals surface area (Å²) in [5.41, 5.74) is 1.05. The molecule has 1 amide bonds. The highest BCUT2D eigenvalue weighted by Gasteiger charge is 2.36. The Morgan fingerprint density at radius 2 is 1.97 bits per heavy atom. The van der Waals surface area contributed by atoms with Crippen molar-refractivity contribution in [3.8, 4) is 23.1 Å². The Balaban J connectivity index is 1.70. The van der Waals surface area contributed by atoms with Crippen molar-refractivity contribution in [2.45, 2.75) is 18.8 Å². The van der Waals surface area contributed by atoms with Crippen molar-refractivity contribution in [2.24, 2.45) is 0 Å². The molecule has 1 fully saturated rings. The highest BCUT2D eigenvalue weighted by atomic mass is 19.3. The van der Waals surface area contributed by atoms with Crippen LogP contribution in [0.1, 0.15) is 23.3 Å². The molecule has 0 atom stereocenters. The largest absolute Gasteiger partial charge is 0.480 e. The fourth-order valence-electron chi connectivity index (χ4n) is 3.01. The highest BCUT2D eigenvalue weighted by Crippen LogP contribution is 2.29. The molecule has 4 heterocycles. The number of ether oxygens (including phenoxy) is 1. The molecule has 0 aromatic carbocycles. The number of hydrogen-bond donors (Lipinski definition) is 0. The number of rotatable bonds is 4. The standard InChI is InChI=1S/C18H17F2N7O2/c1-29-16-3-2-15(23-24-16)27-14(13-11-21-6-7-22-13)10-12(25-27)17(28)26-8-4-18(19,20)5-9-26/h2-3,6-7,10-11H,4-5,8-9H2,1H3. The van der Waals surface area contributed by atoms with Gasteiger partial charge in [-0.2, -0.15) is 5.10 Å². The molecule has 11 heteroatoms. The average Bonchev–Trinajstić information content (AvgIpc) is 3.19. The van der Waals surface area contributed by atoms with Crippen LogP contribution >= 0.6 is 0 Å². The number of hydrogen-bond acceptors (Lipinski definition) is 7. The molecule has 1 aliphatic heterocycles. The lowest BCUT2D eigenvalue weighted by Crippen LogP contribution is -2.42. The van der Waals surface area contributed by atoms with Gasteiger partial charge in [-0.3, -0.25) is 14.8 Å². The number of alkyl halides is 2. The minimum Gasteiger partial charge on any atom is -0.480 e. The van der Waals surface area contributed by atoms with Crippen LogP contribution in [0.3, 0.4) is 0 Å². The lowest BCUT2D eigenvalue weighted by molar-refractivity contribution is -0.0495. The van der Waals surface area contributed by atoms with Gasteiger partial charge in [0.1, 0.15) is 5.69 Å². The normalized spacial score (nSPS) is 15.9. The smallest absolute Gasteiger partial charge is 0.274 e. The number of likely N-dealkylation sites (tertiary alicyclic amines) is 1. The average molecular weight is 401 g/mol. The van der Waals surface area contributed by atoms with E-state index in [1.54, 1.807) is 18.2 Å². The number of amides is 1. The summed E-state index contributed by atoms with van der Waals surface area (Å²) < 4.78 is 33.3. The van der Waals surface area contributed by atoms with Gasteiger partial charge in [-0.05, 0) is 12.1 Å². The molecule has 0 N–H and O–H groups in total. The van der Waals surface area contributed by atoms with Crippen molar-refractivity contribution in [3.63, 3.8) is 0 Å². The molecule has 0 spiro atoms. The van der Waals surface area contributed by atoms with Gasteiger partial charge in [-0.15, -0.1) is 10.2 Å². The number of nitrogens with zero attached hydrogens (tertiary/aromatic N) is 7. The van der Waals surface area contributed by atoms with Gasteiger partial charge in [0.2, 0.25) is 5.88 Å². The summed E-state index contributed by atoms with van der Waals surface area (Å²) >= 11 is 0. The van der Waals surface area contributed by atoms with Crippen LogP contribution in [0, 0.1) is 0 Å². The Labute approximate surface area is 164 Å². The minimum atomic E-state index is -2.74. The van der Waals surface area contributed by atoms with Crippen LogP contribution in [0.4, 0.5) is 8.78 Å². The molecule has 3 aromatic rings. The molecule has 0 saturated carbocycles. The van der Waals surface area contributed by atoms with E-state index in [9.17, 15) is 13.6 Å². The van der Waals surface area contributed by atoms with E-state index in [0.717, 1.165) is 0 Å². The molecule has 1 aliphatic rings. The monoisotopic (exact) mass is 401 g/mol. The number of piperidine rings is 1. The lowest BCUT2D eigenvalue weighted by Gasteiger charge is -2.31. The predicted octanol–water partition coefficient (Wildman–Crippen LogP) is 2.00. The first-order valence-electron chi connectivity index (χ1n) is 8.88. The summed E-state index contributed by atoms with van der Waals surface area (Å²) in [5.74, 6) is -2.49. The second kappa shape index (κ2) is 7.49.